The molecule has 5 nitrogen and oxygen atoms in total. The number of rotatable bonds is 4. The minimum absolute atomic E-state index is 0.0550. The lowest BCUT2D eigenvalue weighted by atomic mass is 9.90. The first-order chi connectivity index (χ1) is 13.3. The zero-order valence-electron chi connectivity index (χ0n) is 15.4. The van der Waals surface area contributed by atoms with Crippen molar-refractivity contribution in [3.8, 4) is 16.9 Å². The van der Waals surface area contributed by atoms with Gasteiger partial charge in [-0.15, -0.1) is 0 Å². The number of aromatic nitrogens is 2. The van der Waals surface area contributed by atoms with Gasteiger partial charge in [0.15, 0.2) is 0 Å². The van der Waals surface area contributed by atoms with Crippen molar-refractivity contribution in [3.05, 3.63) is 72.1 Å². The quantitative estimate of drug-likeness (QED) is 0.761. The number of H-pyrrole nitrogens is 1. The maximum absolute atomic E-state index is 13.0. The second-order valence-corrected chi connectivity index (χ2v) is 6.89. The topological polar surface area (TPSA) is 58.2 Å². The highest BCUT2D eigenvalue weighted by Crippen LogP contribution is 2.33. The van der Waals surface area contributed by atoms with Crippen LogP contribution in [0.3, 0.4) is 0 Å². The number of amides is 1. The molecule has 2 heterocycles. The van der Waals surface area contributed by atoms with Gasteiger partial charge < -0.3 is 9.64 Å². The van der Waals surface area contributed by atoms with Crippen LogP contribution in [0.4, 0.5) is 0 Å². The lowest BCUT2D eigenvalue weighted by Crippen LogP contribution is -2.39. The van der Waals surface area contributed by atoms with Crippen LogP contribution >= 0.6 is 0 Å². The molecule has 0 unspecified atom stereocenters. The van der Waals surface area contributed by atoms with Gasteiger partial charge in [-0.3, -0.25) is 9.89 Å². The molecule has 1 amide bonds. The fourth-order valence-electron chi connectivity index (χ4n) is 3.79. The predicted octanol–water partition coefficient (Wildman–Crippen LogP) is 4.11. The smallest absolute Gasteiger partial charge is 0.254 e. The van der Waals surface area contributed by atoms with Crippen molar-refractivity contribution >= 4 is 5.91 Å². The minimum atomic E-state index is 0.0550. The molecule has 0 aliphatic carbocycles. The van der Waals surface area contributed by atoms with E-state index >= 15 is 0 Å². The molecule has 5 heteroatoms. The van der Waals surface area contributed by atoms with Crippen molar-refractivity contribution in [2.45, 2.75) is 18.8 Å². The van der Waals surface area contributed by atoms with E-state index in [-0.39, 0.29) is 11.8 Å². The fourth-order valence-corrected chi connectivity index (χ4v) is 3.79. The molecule has 27 heavy (non-hydrogen) atoms. The Morgan fingerprint density at radius 1 is 1.19 bits per heavy atom. The van der Waals surface area contributed by atoms with E-state index in [0.29, 0.717) is 17.9 Å². The number of hydrogen-bond acceptors (Lipinski definition) is 3. The summed E-state index contributed by atoms with van der Waals surface area (Å²) < 4.78 is 5.25. The Kier molecular flexibility index (Phi) is 4.92. The minimum Gasteiger partial charge on any atom is -0.497 e. The summed E-state index contributed by atoms with van der Waals surface area (Å²) in [7, 11) is 1.61. The molecule has 1 aliphatic rings. The Morgan fingerprint density at radius 2 is 2.04 bits per heavy atom. The number of aromatic amines is 1. The third-order valence-corrected chi connectivity index (χ3v) is 5.19. The molecule has 3 aromatic rings. The van der Waals surface area contributed by atoms with Crippen LogP contribution in [0.5, 0.6) is 5.75 Å². The van der Waals surface area contributed by atoms with Gasteiger partial charge in [0.1, 0.15) is 5.75 Å². The number of benzene rings is 2. The van der Waals surface area contributed by atoms with Crippen LogP contribution in [0.2, 0.25) is 0 Å². The molecule has 0 spiro atoms. The van der Waals surface area contributed by atoms with E-state index in [1.165, 1.54) is 0 Å². The maximum Gasteiger partial charge on any atom is 0.254 e. The largest absolute Gasteiger partial charge is 0.497 e. The molecule has 4 rings (SSSR count). The van der Waals surface area contributed by atoms with E-state index in [1.807, 2.05) is 47.5 Å². The molecule has 0 bridgehead atoms. The molecule has 2 aromatic carbocycles. The zero-order chi connectivity index (χ0) is 18.6. The van der Waals surface area contributed by atoms with Crippen LogP contribution in [0.1, 0.15) is 34.8 Å². The monoisotopic (exact) mass is 361 g/mol. The first kappa shape index (κ1) is 17.3. The van der Waals surface area contributed by atoms with Gasteiger partial charge in [0, 0.05) is 35.8 Å². The van der Waals surface area contributed by atoms with E-state index in [2.05, 4.69) is 22.3 Å². The number of nitrogens with one attached hydrogen (secondary N) is 1. The molecule has 1 fully saturated rings. The standard InChI is InChI=1S/C22H23N3O2/c1-27-19-11-5-9-17(13-19)22(26)25-12-6-10-18(15-25)21-20(14-23-24-21)16-7-3-2-4-8-16/h2-5,7-9,11,13-14,18H,6,10,12,15H2,1H3,(H,23,24)/t18-/m0/s1. The Morgan fingerprint density at radius 3 is 2.85 bits per heavy atom. The normalized spacial score (nSPS) is 16.9. The number of likely N-dealkylation sites (tertiary alicyclic amines) is 1. The van der Waals surface area contributed by atoms with Crippen molar-refractivity contribution in [3.63, 3.8) is 0 Å². The van der Waals surface area contributed by atoms with E-state index in [4.69, 9.17) is 4.74 Å². The molecule has 1 N–H and O–H groups in total. The van der Waals surface area contributed by atoms with Crippen molar-refractivity contribution in [1.82, 2.24) is 15.1 Å². The summed E-state index contributed by atoms with van der Waals surface area (Å²) >= 11 is 0. The van der Waals surface area contributed by atoms with E-state index in [1.54, 1.807) is 13.2 Å². The molecule has 0 saturated carbocycles. The zero-order valence-corrected chi connectivity index (χ0v) is 15.4. The third kappa shape index (κ3) is 3.58. The number of piperidine rings is 1. The molecule has 1 saturated heterocycles. The maximum atomic E-state index is 13.0. The van der Waals surface area contributed by atoms with Crippen LogP contribution in [-0.2, 0) is 0 Å². The summed E-state index contributed by atoms with van der Waals surface area (Å²) in [5, 5.41) is 7.46. The Labute approximate surface area is 159 Å². The number of ether oxygens (including phenoxy) is 1. The third-order valence-electron chi connectivity index (χ3n) is 5.19. The Hall–Kier alpha value is -3.08. The highest BCUT2D eigenvalue weighted by atomic mass is 16.5. The summed E-state index contributed by atoms with van der Waals surface area (Å²) in [6.07, 6.45) is 3.91. The number of hydrogen-bond donors (Lipinski definition) is 1. The average molecular weight is 361 g/mol. The van der Waals surface area contributed by atoms with Crippen LogP contribution in [0.15, 0.2) is 60.8 Å². The summed E-state index contributed by atoms with van der Waals surface area (Å²) in [6.45, 7) is 1.47. The second kappa shape index (κ2) is 7.66. The van der Waals surface area contributed by atoms with Crippen molar-refractivity contribution in [2.75, 3.05) is 20.2 Å². The SMILES string of the molecule is COc1cccc(C(=O)N2CCC[C@H](c3[nH]ncc3-c3ccccc3)C2)c1. The molecule has 1 aliphatic heterocycles. The summed E-state index contributed by atoms with van der Waals surface area (Å²) in [6, 6.07) is 17.6. The van der Waals surface area contributed by atoms with Crippen LogP contribution in [0, 0.1) is 0 Å². The van der Waals surface area contributed by atoms with Crippen molar-refractivity contribution < 1.29 is 9.53 Å². The molecule has 1 atom stereocenters. The van der Waals surface area contributed by atoms with Gasteiger partial charge in [0.2, 0.25) is 0 Å². The first-order valence-electron chi connectivity index (χ1n) is 9.28. The molecular formula is C22H23N3O2. The number of carbonyl (C=O) groups excluding carboxylic acids is 1. The number of carbonyl (C=O) groups is 1. The Bertz CT molecular complexity index is 920. The van der Waals surface area contributed by atoms with Gasteiger partial charge in [-0.25, -0.2) is 0 Å². The highest BCUT2D eigenvalue weighted by Gasteiger charge is 2.28. The van der Waals surface area contributed by atoms with Crippen molar-refractivity contribution in [2.24, 2.45) is 0 Å². The number of methoxy groups -OCH3 is 1. The van der Waals surface area contributed by atoms with E-state index in [0.717, 1.165) is 36.2 Å². The van der Waals surface area contributed by atoms with Crippen LogP contribution < -0.4 is 4.74 Å². The lowest BCUT2D eigenvalue weighted by Gasteiger charge is -2.33. The van der Waals surface area contributed by atoms with E-state index in [9.17, 15) is 4.79 Å². The predicted molar refractivity (Wildman–Crippen MR) is 105 cm³/mol. The lowest BCUT2D eigenvalue weighted by molar-refractivity contribution is 0.0705. The summed E-state index contributed by atoms with van der Waals surface area (Å²) in [4.78, 5) is 14.9. The summed E-state index contributed by atoms with van der Waals surface area (Å²) in [5.41, 5.74) is 4.06. The second-order valence-electron chi connectivity index (χ2n) is 6.89. The fraction of sp³-hybridized carbons (Fsp3) is 0.273. The van der Waals surface area contributed by atoms with Gasteiger partial charge >= 0.3 is 0 Å². The first-order valence-corrected chi connectivity index (χ1v) is 9.28. The average Bonchev–Trinajstić information content (AvgIpc) is 3.24. The van der Waals surface area contributed by atoms with Gasteiger partial charge in [-0.1, -0.05) is 36.4 Å². The number of nitrogens with zero attached hydrogens (tertiary/aromatic N) is 2. The van der Waals surface area contributed by atoms with Crippen molar-refractivity contribution in [1.29, 1.82) is 0 Å². The molecular weight excluding hydrogens is 338 g/mol. The Balaban J connectivity index is 1.55. The van der Waals surface area contributed by atoms with E-state index < -0.39 is 0 Å². The molecule has 0 radical (unpaired) electrons. The van der Waals surface area contributed by atoms with Gasteiger partial charge in [-0.05, 0) is 36.6 Å². The van der Waals surface area contributed by atoms with Gasteiger partial charge in [0.05, 0.1) is 13.3 Å². The molecule has 1 aromatic heterocycles. The molecule has 138 valence electrons. The summed E-state index contributed by atoms with van der Waals surface area (Å²) in [5.74, 6) is 1.01. The van der Waals surface area contributed by atoms with Crippen LogP contribution in [0.25, 0.3) is 11.1 Å². The van der Waals surface area contributed by atoms with Gasteiger partial charge in [0.25, 0.3) is 5.91 Å². The van der Waals surface area contributed by atoms with Crippen LogP contribution in [-0.4, -0.2) is 41.2 Å². The highest BCUT2D eigenvalue weighted by molar-refractivity contribution is 5.94. The van der Waals surface area contributed by atoms with Gasteiger partial charge in [-0.2, -0.15) is 5.10 Å².